The first-order valence-corrected chi connectivity index (χ1v) is 8.16. The molecule has 2 aliphatic rings. The van der Waals surface area contributed by atoms with Crippen molar-refractivity contribution in [2.24, 2.45) is 11.7 Å². The van der Waals surface area contributed by atoms with E-state index in [1.54, 1.807) is 0 Å². The SMILES string of the molecule is NC1(C(=O)NCC2CCN(C(=O)C(F)(F)F)CC2)CCCCC1. The quantitative estimate of drug-likeness (QED) is 0.822. The Hall–Kier alpha value is -1.31. The van der Waals surface area contributed by atoms with Gasteiger partial charge in [-0.25, -0.2) is 0 Å². The Morgan fingerprint density at radius 1 is 1.13 bits per heavy atom. The van der Waals surface area contributed by atoms with Crippen LogP contribution in [0.15, 0.2) is 0 Å². The van der Waals surface area contributed by atoms with Crippen LogP contribution in [0.2, 0.25) is 0 Å². The molecule has 3 N–H and O–H groups in total. The molecule has 1 saturated heterocycles. The van der Waals surface area contributed by atoms with Crippen LogP contribution >= 0.6 is 0 Å². The van der Waals surface area contributed by atoms with Gasteiger partial charge in [0, 0.05) is 19.6 Å². The average molecular weight is 335 g/mol. The molecule has 0 aromatic rings. The highest BCUT2D eigenvalue weighted by molar-refractivity contribution is 5.86. The Balaban J connectivity index is 1.74. The molecule has 1 heterocycles. The maximum Gasteiger partial charge on any atom is 0.471 e. The number of likely N-dealkylation sites (tertiary alicyclic amines) is 1. The standard InChI is InChI=1S/C15H24F3N3O2/c16-15(17,18)13(23)21-8-4-11(5-9-21)10-20-12(22)14(19)6-2-1-3-7-14/h11H,1-10,19H2,(H,20,22). The van der Waals surface area contributed by atoms with Crippen LogP contribution in [-0.2, 0) is 9.59 Å². The number of hydrogen-bond donors (Lipinski definition) is 2. The Morgan fingerprint density at radius 3 is 2.22 bits per heavy atom. The van der Waals surface area contributed by atoms with E-state index < -0.39 is 17.6 Å². The lowest BCUT2D eigenvalue weighted by atomic mass is 9.81. The number of piperidine rings is 1. The largest absolute Gasteiger partial charge is 0.471 e. The summed E-state index contributed by atoms with van der Waals surface area (Å²) < 4.78 is 37.1. The van der Waals surface area contributed by atoms with Crippen LogP contribution in [0.1, 0.15) is 44.9 Å². The predicted molar refractivity (Wildman–Crippen MR) is 78.4 cm³/mol. The van der Waals surface area contributed by atoms with Crippen molar-refractivity contribution in [2.45, 2.75) is 56.7 Å². The fraction of sp³-hybridized carbons (Fsp3) is 0.867. The lowest BCUT2D eigenvalue weighted by molar-refractivity contribution is -0.186. The molecule has 1 aliphatic heterocycles. The summed E-state index contributed by atoms with van der Waals surface area (Å²) in [6.07, 6.45) is 0.448. The summed E-state index contributed by atoms with van der Waals surface area (Å²) in [5.41, 5.74) is 5.34. The Labute approximate surface area is 133 Å². The van der Waals surface area contributed by atoms with Crippen LogP contribution in [-0.4, -0.2) is 48.1 Å². The second-order valence-corrected chi connectivity index (χ2v) is 6.66. The summed E-state index contributed by atoms with van der Waals surface area (Å²) in [5.74, 6) is -1.85. The molecule has 0 aromatic heterocycles. The smallest absolute Gasteiger partial charge is 0.354 e. The number of alkyl halides is 3. The van der Waals surface area contributed by atoms with E-state index in [0.29, 0.717) is 32.2 Å². The van der Waals surface area contributed by atoms with Gasteiger partial charge in [-0.05, 0) is 31.6 Å². The summed E-state index contributed by atoms with van der Waals surface area (Å²) in [6, 6.07) is 0. The van der Waals surface area contributed by atoms with Crippen LogP contribution in [0.3, 0.4) is 0 Å². The number of carbonyl (C=O) groups is 2. The van der Waals surface area contributed by atoms with Crippen molar-refractivity contribution in [3.05, 3.63) is 0 Å². The van der Waals surface area contributed by atoms with E-state index >= 15 is 0 Å². The minimum atomic E-state index is -4.81. The molecular weight excluding hydrogens is 311 g/mol. The van der Waals surface area contributed by atoms with E-state index in [-0.39, 0.29) is 24.9 Å². The molecule has 23 heavy (non-hydrogen) atoms. The number of amides is 2. The van der Waals surface area contributed by atoms with Gasteiger partial charge in [-0.2, -0.15) is 13.2 Å². The van der Waals surface area contributed by atoms with Gasteiger partial charge in [0.1, 0.15) is 0 Å². The van der Waals surface area contributed by atoms with Crippen LogP contribution < -0.4 is 11.1 Å². The van der Waals surface area contributed by atoms with Gasteiger partial charge in [-0.15, -0.1) is 0 Å². The van der Waals surface area contributed by atoms with Crippen LogP contribution in [0.5, 0.6) is 0 Å². The zero-order chi connectivity index (χ0) is 17.1. The minimum absolute atomic E-state index is 0.0760. The number of nitrogens with one attached hydrogen (secondary N) is 1. The summed E-state index contributed by atoms with van der Waals surface area (Å²) >= 11 is 0. The third kappa shape index (κ3) is 4.59. The van der Waals surface area contributed by atoms with Gasteiger partial charge in [-0.3, -0.25) is 9.59 Å². The summed E-state index contributed by atoms with van der Waals surface area (Å²) in [6.45, 7) is 0.561. The van der Waals surface area contributed by atoms with E-state index in [9.17, 15) is 22.8 Å². The molecule has 0 radical (unpaired) electrons. The Morgan fingerprint density at radius 2 is 1.70 bits per heavy atom. The average Bonchev–Trinajstić information content (AvgIpc) is 2.52. The van der Waals surface area contributed by atoms with Crippen molar-refractivity contribution >= 4 is 11.8 Å². The molecule has 0 spiro atoms. The minimum Gasteiger partial charge on any atom is -0.354 e. The fourth-order valence-electron chi connectivity index (χ4n) is 3.34. The Bertz CT molecular complexity index is 440. The maximum absolute atomic E-state index is 12.4. The molecule has 2 rings (SSSR count). The van der Waals surface area contributed by atoms with E-state index in [4.69, 9.17) is 5.73 Å². The van der Waals surface area contributed by atoms with E-state index in [1.165, 1.54) is 0 Å². The van der Waals surface area contributed by atoms with Crippen LogP contribution in [0, 0.1) is 5.92 Å². The molecule has 0 aromatic carbocycles. The second kappa shape index (κ2) is 7.07. The lowest BCUT2D eigenvalue weighted by Gasteiger charge is -2.34. The molecule has 0 atom stereocenters. The molecule has 1 aliphatic carbocycles. The third-order valence-corrected chi connectivity index (χ3v) is 4.89. The molecule has 0 bridgehead atoms. The number of rotatable bonds is 3. The molecule has 132 valence electrons. The number of nitrogens with zero attached hydrogens (tertiary/aromatic N) is 1. The van der Waals surface area contributed by atoms with E-state index in [2.05, 4.69) is 5.32 Å². The number of hydrogen-bond acceptors (Lipinski definition) is 3. The summed E-state index contributed by atoms with van der Waals surface area (Å²) in [4.78, 5) is 24.2. The predicted octanol–water partition coefficient (Wildman–Crippen LogP) is 1.57. The monoisotopic (exact) mass is 335 g/mol. The first-order valence-electron chi connectivity index (χ1n) is 8.16. The van der Waals surface area contributed by atoms with Gasteiger partial charge >= 0.3 is 12.1 Å². The van der Waals surface area contributed by atoms with E-state index in [0.717, 1.165) is 24.2 Å². The van der Waals surface area contributed by atoms with Gasteiger partial charge in [0.25, 0.3) is 0 Å². The number of nitrogens with two attached hydrogens (primary N) is 1. The van der Waals surface area contributed by atoms with Crippen molar-refractivity contribution < 1.29 is 22.8 Å². The lowest BCUT2D eigenvalue weighted by Crippen LogP contribution is -2.56. The van der Waals surface area contributed by atoms with Gasteiger partial charge in [0.15, 0.2) is 0 Å². The zero-order valence-corrected chi connectivity index (χ0v) is 13.1. The summed E-state index contributed by atoms with van der Waals surface area (Å²) in [5, 5.41) is 2.85. The topological polar surface area (TPSA) is 75.4 Å². The normalized spacial score (nSPS) is 22.7. The van der Waals surface area contributed by atoms with Gasteiger partial charge in [0.2, 0.25) is 5.91 Å². The first-order chi connectivity index (χ1) is 10.7. The molecule has 2 amide bonds. The van der Waals surface area contributed by atoms with Crippen molar-refractivity contribution in [3.63, 3.8) is 0 Å². The molecule has 5 nitrogen and oxygen atoms in total. The fourth-order valence-corrected chi connectivity index (χ4v) is 3.34. The third-order valence-electron chi connectivity index (χ3n) is 4.89. The molecule has 1 saturated carbocycles. The van der Waals surface area contributed by atoms with Crippen molar-refractivity contribution in [1.29, 1.82) is 0 Å². The van der Waals surface area contributed by atoms with Gasteiger partial charge in [-0.1, -0.05) is 19.3 Å². The maximum atomic E-state index is 12.4. The molecule has 8 heteroatoms. The second-order valence-electron chi connectivity index (χ2n) is 6.66. The van der Waals surface area contributed by atoms with Crippen molar-refractivity contribution in [2.75, 3.05) is 19.6 Å². The van der Waals surface area contributed by atoms with Gasteiger partial charge in [0.05, 0.1) is 5.54 Å². The van der Waals surface area contributed by atoms with Crippen molar-refractivity contribution in [1.82, 2.24) is 10.2 Å². The number of halogens is 3. The summed E-state index contributed by atoms with van der Waals surface area (Å²) in [7, 11) is 0. The highest BCUT2D eigenvalue weighted by Crippen LogP contribution is 2.27. The molecule has 2 fully saturated rings. The van der Waals surface area contributed by atoms with Gasteiger partial charge < -0.3 is 16.0 Å². The first kappa shape index (κ1) is 18.0. The highest BCUT2D eigenvalue weighted by atomic mass is 19.4. The number of carbonyl (C=O) groups excluding carboxylic acids is 2. The van der Waals surface area contributed by atoms with Crippen LogP contribution in [0.25, 0.3) is 0 Å². The van der Waals surface area contributed by atoms with E-state index in [1.807, 2.05) is 0 Å². The van der Waals surface area contributed by atoms with Crippen molar-refractivity contribution in [3.8, 4) is 0 Å². The highest BCUT2D eigenvalue weighted by Gasteiger charge is 2.43. The Kier molecular flexibility index (Phi) is 5.54. The van der Waals surface area contributed by atoms with Crippen LogP contribution in [0.4, 0.5) is 13.2 Å². The zero-order valence-electron chi connectivity index (χ0n) is 13.1. The molecular formula is C15H24F3N3O2. The molecule has 0 unspecified atom stereocenters.